The maximum absolute atomic E-state index is 9.72. The van der Waals surface area contributed by atoms with Gasteiger partial charge in [0.1, 0.15) is 17.6 Å². The number of anilines is 2. The van der Waals surface area contributed by atoms with E-state index in [1.54, 1.807) is 13.3 Å². The highest BCUT2D eigenvalue weighted by Gasteiger charge is 2.45. The molecule has 3 aromatic rings. The molecule has 4 fully saturated rings. The molecule has 2 bridgehead atoms. The third-order valence-electron chi connectivity index (χ3n) is 8.70. The van der Waals surface area contributed by atoms with Gasteiger partial charge in [-0.1, -0.05) is 19.6 Å². The van der Waals surface area contributed by atoms with Crippen molar-refractivity contribution < 1.29 is 4.74 Å². The Bertz CT molecular complexity index is 1400. The summed E-state index contributed by atoms with van der Waals surface area (Å²) in [6, 6.07) is 9.95. The van der Waals surface area contributed by atoms with Crippen LogP contribution in [-0.4, -0.2) is 71.4 Å². The molecule has 0 radical (unpaired) electrons. The Morgan fingerprint density at radius 1 is 1.21 bits per heavy atom. The summed E-state index contributed by atoms with van der Waals surface area (Å²) in [5.41, 5.74) is 4.61. The van der Waals surface area contributed by atoms with Crippen LogP contribution in [-0.2, 0) is 4.74 Å². The van der Waals surface area contributed by atoms with Crippen LogP contribution in [0.2, 0.25) is 0 Å². The van der Waals surface area contributed by atoms with Gasteiger partial charge in [-0.05, 0) is 55.9 Å². The fourth-order valence-electron chi connectivity index (χ4n) is 6.37. The summed E-state index contributed by atoms with van der Waals surface area (Å²) in [5, 5.41) is 14.2. The Kier molecular flexibility index (Phi) is 7.01. The summed E-state index contributed by atoms with van der Waals surface area (Å²) in [5.74, 6) is 2.23. The van der Waals surface area contributed by atoms with E-state index in [1.807, 2.05) is 23.0 Å². The van der Waals surface area contributed by atoms with Gasteiger partial charge in [-0.25, -0.2) is 9.50 Å². The number of nitrogens with zero attached hydrogens (tertiary/aromatic N) is 7. The second-order valence-corrected chi connectivity index (χ2v) is 11.0. The number of allylic oxidation sites excluding steroid dienone is 1. The standard InChI is InChI=1S/C31H37N7O/c1-4-23(8-7-22(2)39-3)18-37-27-13-28(37)20-36(19-27)30-10-9-24(16-33-30)29-14-26(35-11-5-6-12-35)21-38-31(29)25(15-32)17-34-38/h7-10,14,16-17,21,23,27-28H,2,4-6,11-13,18-20H2,1,3H3/b8-7-. The molecule has 39 heavy (non-hydrogen) atoms. The van der Waals surface area contributed by atoms with Crippen LogP contribution in [0.25, 0.3) is 16.6 Å². The molecular weight excluding hydrogens is 486 g/mol. The van der Waals surface area contributed by atoms with Gasteiger partial charge in [-0.2, -0.15) is 10.4 Å². The highest BCUT2D eigenvalue weighted by atomic mass is 16.5. The van der Waals surface area contributed by atoms with Crippen molar-refractivity contribution in [1.82, 2.24) is 19.5 Å². The van der Waals surface area contributed by atoms with Gasteiger partial charge in [0.05, 0.1) is 36.3 Å². The van der Waals surface area contributed by atoms with E-state index in [4.69, 9.17) is 9.72 Å². The Hall–Kier alpha value is -3.83. The van der Waals surface area contributed by atoms with E-state index in [0.717, 1.165) is 67.3 Å². The van der Waals surface area contributed by atoms with E-state index in [-0.39, 0.29) is 0 Å². The molecule has 4 aliphatic rings. The predicted octanol–water partition coefficient (Wildman–Crippen LogP) is 4.87. The van der Waals surface area contributed by atoms with Gasteiger partial charge in [-0.3, -0.25) is 4.90 Å². The molecule has 7 heterocycles. The predicted molar refractivity (Wildman–Crippen MR) is 155 cm³/mol. The first kappa shape index (κ1) is 25.4. The minimum atomic E-state index is 0.501. The summed E-state index contributed by atoms with van der Waals surface area (Å²) >= 11 is 0. The van der Waals surface area contributed by atoms with Crippen molar-refractivity contribution in [1.29, 1.82) is 5.26 Å². The van der Waals surface area contributed by atoms with Crippen LogP contribution < -0.4 is 9.80 Å². The first-order chi connectivity index (χ1) is 19.1. The zero-order chi connectivity index (χ0) is 26.9. The second-order valence-electron chi connectivity index (χ2n) is 11.0. The van der Waals surface area contributed by atoms with Gasteiger partial charge in [-0.15, -0.1) is 0 Å². The van der Waals surface area contributed by atoms with Crippen molar-refractivity contribution >= 4 is 17.0 Å². The van der Waals surface area contributed by atoms with Crippen LogP contribution in [0, 0.1) is 17.2 Å². The number of methoxy groups -OCH3 is 1. The van der Waals surface area contributed by atoms with Crippen molar-refractivity contribution in [2.75, 3.05) is 49.6 Å². The highest BCUT2D eigenvalue weighted by Crippen LogP contribution is 2.37. The number of nitriles is 1. The number of aromatic nitrogens is 3. The lowest BCUT2D eigenvalue weighted by Crippen LogP contribution is -2.69. The molecule has 8 nitrogen and oxygen atoms in total. The molecule has 4 saturated heterocycles. The van der Waals surface area contributed by atoms with Gasteiger partial charge in [0.15, 0.2) is 0 Å². The topological polar surface area (TPSA) is 72.9 Å². The Balaban J connectivity index is 1.18. The van der Waals surface area contributed by atoms with E-state index >= 15 is 0 Å². The molecule has 0 aromatic carbocycles. The first-order valence-electron chi connectivity index (χ1n) is 14.1. The fraction of sp³-hybridized carbons (Fsp3) is 0.452. The molecule has 0 saturated carbocycles. The molecule has 0 N–H and O–H groups in total. The number of hydrogen-bond acceptors (Lipinski definition) is 7. The number of pyridine rings is 2. The Labute approximate surface area is 230 Å². The van der Waals surface area contributed by atoms with Crippen LogP contribution in [0.1, 0.15) is 38.2 Å². The Morgan fingerprint density at radius 2 is 2.00 bits per heavy atom. The average molecular weight is 524 g/mol. The molecule has 3 aromatic heterocycles. The summed E-state index contributed by atoms with van der Waals surface area (Å²) in [4.78, 5) is 12.4. The number of hydrogen-bond donors (Lipinski definition) is 0. The van der Waals surface area contributed by atoms with E-state index in [0.29, 0.717) is 29.3 Å². The summed E-state index contributed by atoms with van der Waals surface area (Å²) in [6.07, 6.45) is 14.7. The quantitative estimate of drug-likeness (QED) is 0.293. The van der Waals surface area contributed by atoms with E-state index in [1.165, 1.54) is 19.3 Å². The molecule has 202 valence electrons. The lowest BCUT2D eigenvalue weighted by Gasteiger charge is -2.57. The van der Waals surface area contributed by atoms with Gasteiger partial charge in [0, 0.05) is 62.1 Å². The molecule has 0 aliphatic carbocycles. The summed E-state index contributed by atoms with van der Waals surface area (Å²) in [6.45, 7) is 11.3. The molecule has 8 heteroatoms. The fourth-order valence-corrected chi connectivity index (χ4v) is 6.37. The van der Waals surface area contributed by atoms with Crippen molar-refractivity contribution in [3.63, 3.8) is 0 Å². The van der Waals surface area contributed by atoms with Crippen LogP contribution in [0.4, 0.5) is 11.5 Å². The minimum absolute atomic E-state index is 0.501. The second kappa shape index (κ2) is 10.7. The summed E-state index contributed by atoms with van der Waals surface area (Å²) < 4.78 is 7.05. The highest BCUT2D eigenvalue weighted by molar-refractivity contribution is 5.86. The van der Waals surface area contributed by atoms with E-state index in [2.05, 4.69) is 63.6 Å². The average Bonchev–Trinajstić information content (AvgIpc) is 3.67. The maximum atomic E-state index is 9.72. The van der Waals surface area contributed by atoms with Crippen molar-refractivity contribution in [2.45, 2.75) is 44.7 Å². The lowest BCUT2D eigenvalue weighted by atomic mass is 9.85. The molecular formula is C31H37N7O. The molecule has 3 atom stereocenters. The lowest BCUT2D eigenvalue weighted by molar-refractivity contribution is -0.00936. The number of ether oxygens (including phenoxy) is 1. The minimum Gasteiger partial charge on any atom is -0.497 e. The largest absolute Gasteiger partial charge is 0.497 e. The number of piperidine rings is 1. The molecule has 7 rings (SSSR count). The third-order valence-corrected chi connectivity index (χ3v) is 8.70. The van der Waals surface area contributed by atoms with Crippen LogP contribution in [0.15, 0.2) is 61.3 Å². The smallest absolute Gasteiger partial charge is 0.128 e. The number of fused-ring (bicyclic) bond motifs is 3. The Morgan fingerprint density at radius 3 is 2.67 bits per heavy atom. The zero-order valence-corrected chi connectivity index (χ0v) is 23.0. The summed E-state index contributed by atoms with van der Waals surface area (Å²) in [7, 11) is 1.66. The van der Waals surface area contributed by atoms with E-state index in [9.17, 15) is 5.26 Å². The normalized spacial score (nSPS) is 21.8. The van der Waals surface area contributed by atoms with Crippen LogP contribution >= 0.6 is 0 Å². The van der Waals surface area contributed by atoms with Gasteiger partial charge in [0.25, 0.3) is 0 Å². The van der Waals surface area contributed by atoms with Crippen molar-refractivity contribution in [3.8, 4) is 17.2 Å². The zero-order valence-electron chi connectivity index (χ0n) is 23.0. The van der Waals surface area contributed by atoms with Gasteiger partial charge < -0.3 is 14.5 Å². The first-order valence-corrected chi connectivity index (χ1v) is 14.1. The monoisotopic (exact) mass is 523 g/mol. The van der Waals surface area contributed by atoms with E-state index < -0.39 is 0 Å². The van der Waals surface area contributed by atoms with Gasteiger partial charge in [0.2, 0.25) is 0 Å². The molecule has 0 amide bonds. The van der Waals surface area contributed by atoms with Gasteiger partial charge >= 0.3 is 0 Å². The SMILES string of the molecule is C=C(/C=C\C(CC)CN1C2CC1CN(c1ccc(-c3cc(N4CCCC4)cn4ncc(C#N)c34)cn1)C2)OC. The molecule has 3 unspecified atom stereocenters. The number of piperazine rings is 1. The molecule has 0 spiro atoms. The van der Waals surface area contributed by atoms with Crippen molar-refractivity contribution in [2.24, 2.45) is 5.92 Å². The van der Waals surface area contributed by atoms with Crippen LogP contribution in [0.3, 0.4) is 0 Å². The van der Waals surface area contributed by atoms with Crippen molar-refractivity contribution in [3.05, 3.63) is 66.8 Å². The molecule has 4 aliphatic heterocycles. The third kappa shape index (κ3) is 4.87. The number of rotatable bonds is 9. The van der Waals surface area contributed by atoms with Crippen LogP contribution in [0.5, 0.6) is 0 Å². The maximum Gasteiger partial charge on any atom is 0.128 e.